The predicted octanol–water partition coefficient (Wildman–Crippen LogP) is 2.76. The van der Waals surface area contributed by atoms with E-state index in [-0.39, 0.29) is 25.0 Å². The van der Waals surface area contributed by atoms with Crippen molar-refractivity contribution in [2.24, 2.45) is 0 Å². The van der Waals surface area contributed by atoms with Crippen molar-refractivity contribution in [2.45, 2.75) is 13.8 Å². The van der Waals surface area contributed by atoms with Crippen molar-refractivity contribution in [1.29, 1.82) is 0 Å². The number of carbonyl (C=O) groups excluding carboxylic acids is 3. The Kier molecular flexibility index (Phi) is 5.49. The maximum absolute atomic E-state index is 12.4. The molecule has 1 amide bonds. The normalized spacial score (nSPS) is 11.7. The molecule has 0 bridgehead atoms. The van der Waals surface area contributed by atoms with E-state index in [9.17, 15) is 14.4 Å². The van der Waals surface area contributed by atoms with Crippen LogP contribution in [0, 0.1) is 6.92 Å². The van der Waals surface area contributed by atoms with Crippen LogP contribution in [0.4, 0.5) is 11.4 Å². The zero-order valence-corrected chi connectivity index (χ0v) is 15.8. The van der Waals surface area contributed by atoms with Crippen molar-refractivity contribution < 1.29 is 28.6 Å². The number of ether oxygens (including phenoxy) is 3. The Morgan fingerprint density at radius 3 is 2.43 bits per heavy atom. The Morgan fingerprint density at radius 2 is 1.79 bits per heavy atom. The van der Waals surface area contributed by atoms with E-state index in [1.54, 1.807) is 30.3 Å². The SMILES string of the molecule is COC(=O)c1ccc(NCC(=O)Nc2cc3c(cc2C(C)=O)OCO3)c(C)c1. The molecule has 0 aliphatic carbocycles. The number of rotatable bonds is 6. The summed E-state index contributed by atoms with van der Waals surface area (Å²) in [5.74, 6) is -0.00859. The van der Waals surface area contributed by atoms with Gasteiger partial charge in [0.1, 0.15) is 0 Å². The molecule has 0 atom stereocenters. The standard InChI is InChI=1S/C20H20N2O6/c1-11-6-13(20(25)26-3)4-5-15(11)21-9-19(24)22-16-8-18-17(27-10-28-18)7-14(16)12(2)23/h4-8,21H,9-10H2,1-3H3,(H,22,24). The number of benzene rings is 2. The number of anilines is 2. The van der Waals surface area contributed by atoms with Crippen LogP contribution in [0.3, 0.4) is 0 Å². The Balaban J connectivity index is 1.68. The molecule has 0 spiro atoms. The second kappa shape index (κ2) is 7.99. The van der Waals surface area contributed by atoms with Gasteiger partial charge in [0.15, 0.2) is 17.3 Å². The number of methoxy groups -OCH3 is 1. The molecular weight excluding hydrogens is 364 g/mol. The highest BCUT2D eigenvalue weighted by Gasteiger charge is 2.20. The summed E-state index contributed by atoms with van der Waals surface area (Å²) in [4.78, 5) is 35.8. The summed E-state index contributed by atoms with van der Waals surface area (Å²) in [7, 11) is 1.32. The van der Waals surface area contributed by atoms with Crippen LogP contribution in [-0.4, -0.2) is 38.1 Å². The maximum Gasteiger partial charge on any atom is 0.337 e. The van der Waals surface area contributed by atoms with Crippen molar-refractivity contribution >= 4 is 29.0 Å². The quantitative estimate of drug-likeness (QED) is 0.583. The number of nitrogens with one attached hydrogen (secondary N) is 2. The van der Waals surface area contributed by atoms with Crippen LogP contribution < -0.4 is 20.1 Å². The van der Waals surface area contributed by atoms with Gasteiger partial charge in [0.25, 0.3) is 0 Å². The lowest BCUT2D eigenvalue weighted by Crippen LogP contribution is -2.23. The molecule has 3 rings (SSSR count). The van der Waals surface area contributed by atoms with E-state index in [0.717, 1.165) is 5.56 Å². The lowest BCUT2D eigenvalue weighted by molar-refractivity contribution is -0.114. The van der Waals surface area contributed by atoms with Crippen molar-refractivity contribution in [3.8, 4) is 11.5 Å². The number of hydrogen-bond acceptors (Lipinski definition) is 7. The number of hydrogen-bond donors (Lipinski definition) is 2. The summed E-state index contributed by atoms with van der Waals surface area (Å²) in [5.41, 5.74) is 2.64. The van der Waals surface area contributed by atoms with E-state index in [2.05, 4.69) is 15.4 Å². The molecule has 1 aliphatic rings. The highest BCUT2D eigenvalue weighted by Crippen LogP contribution is 2.37. The van der Waals surface area contributed by atoms with E-state index < -0.39 is 5.97 Å². The van der Waals surface area contributed by atoms with Gasteiger partial charge in [0, 0.05) is 17.3 Å². The Hall–Kier alpha value is -3.55. The minimum absolute atomic E-state index is 0.0236. The summed E-state index contributed by atoms with van der Waals surface area (Å²) < 4.78 is 15.3. The van der Waals surface area contributed by atoms with E-state index in [1.807, 2.05) is 6.92 Å². The molecule has 0 saturated heterocycles. The Bertz CT molecular complexity index is 954. The third kappa shape index (κ3) is 4.06. The van der Waals surface area contributed by atoms with Crippen LogP contribution in [0.1, 0.15) is 33.2 Å². The third-order valence-corrected chi connectivity index (χ3v) is 4.25. The number of Topliss-reactive ketones (excluding diaryl/α,β-unsaturated/α-hetero) is 1. The van der Waals surface area contributed by atoms with Crippen molar-refractivity contribution in [3.63, 3.8) is 0 Å². The van der Waals surface area contributed by atoms with Crippen LogP contribution in [0.25, 0.3) is 0 Å². The molecule has 146 valence electrons. The largest absolute Gasteiger partial charge is 0.465 e. The lowest BCUT2D eigenvalue weighted by atomic mass is 10.1. The molecule has 2 N–H and O–H groups in total. The lowest BCUT2D eigenvalue weighted by Gasteiger charge is -2.13. The summed E-state index contributed by atoms with van der Waals surface area (Å²) in [6, 6.07) is 8.13. The maximum atomic E-state index is 12.4. The first kappa shape index (κ1) is 19.2. The van der Waals surface area contributed by atoms with Gasteiger partial charge in [-0.2, -0.15) is 0 Å². The number of esters is 1. The van der Waals surface area contributed by atoms with Gasteiger partial charge in [-0.05, 0) is 43.7 Å². The Labute approximate surface area is 161 Å². The van der Waals surface area contributed by atoms with E-state index in [0.29, 0.717) is 34.0 Å². The van der Waals surface area contributed by atoms with E-state index in [4.69, 9.17) is 9.47 Å². The molecule has 0 saturated carbocycles. The number of aryl methyl sites for hydroxylation is 1. The third-order valence-electron chi connectivity index (χ3n) is 4.25. The van der Waals surface area contributed by atoms with Crippen molar-refractivity contribution in [1.82, 2.24) is 0 Å². The fourth-order valence-electron chi connectivity index (χ4n) is 2.81. The van der Waals surface area contributed by atoms with Crippen LogP contribution in [0.15, 0.2) is 30.3 Å². The van der Waals surface area contributed by atoms with Crippen LogP contribution in [-0.2, 0) is 9.53 Å². The summed E-state index contributed by atoms with van der Waals surface area (Å²) >= 11 is 0. The van der Waals surface area contributed by atoms with Crippen LogP contribution >= 0.6 is 0 Å². The fourth-order valence-corrected chi connectivity index (χ4v) is 2.81. The fraction of sp³-hybridized carbons (Fsp3) is 0.250. The highest BCUT2D eigenvalue weighted by molar-refractivity contribution is 6.05. The van der Waals surface area contributed by atoms with Gasteiger partial charge >= 0.3 is 5.97 Å². The van der Waals surface area contributed by atoms with Crippen LogP contribution in [0.5, 0.6) is 11.5 Å². The molecular formula is C20H20N2O6. The molecule has 1 aliphatic heterocycles. The average molecular weight is 384 g/mol. The minimum Gasteiger partial charge on any atom is -0.465 e. The first-order chi connectivity index (χ1) is 13.4. The minimum atomic E-state index is -0.424. The first-order valence-corrected chi connectivity index (χ1v) is 8.56. The number of carbonyl (C=O) groups is 3. The van der Waals surface area contributed by atoms with E-state index >= 15 is 0 Å². The number of fused-ring (bicyclic) bond motifs is 1. The average Bonchev–Trinajstić information content (AvgIpc) is 3.13. The predicted molar refractivity (Wildman–Crippen MR) is 102 cm³/mol. The zero-order chi connectivity index (χ0) is 20.3. The highest BCUT2D eigenvalue weighted by atomic mass is 16.7. The molecule has 8 nitrogen and oxygen atoms in total. The van der Waals surface area contributed by atoms with Crippen molar-refractivity contribution in [2.75, 3.05) is 31.1 Å². The summed E-state index contributed by atoms with van der Waals surface area (Å²) in [6.07, 6.45) is 0. The van der Waals surface area contributed by atoms with Gasteiger partial charge in [0.2, 0.25) is 12.7 Å². The molecule has 0 unspecified atom stereocenters. The number of ketones is 1. The summed E-state index contributed by atoms with van der Waals surface area (Å²) in [6.45, 7) is 3.28. The Morgan fingerprint density at radius 1 is 1.07 bits per heavy atom. The molecule has 8 heteroatoms. The molecule has 1 heterocycles. The molecule has 28 heavy (non-hydrogen) atoms. The molecule has 0 fully saturated rings. The van der Waals surface area contributed by atoms with Gasteiger partial charge in [-0.25, -0.2) is 4.79 Å². The van der Waals surface area contributed by atoms with E-state index in [1.165, 1.54) is 14.0 Å². The van der Waals surface area contributed by atoms with Gasteiger partial charge in [-0.1, -0.05) is 0 Å². The molecule has 2 aromatic rings. The second-order valence-electron chi connectivity index (χ2n) is 6.23. The number of amides is 1. The second-order valence-corrected chi connectivity index (χ2v) is 6.23. The van der Waals surface area contributed by atoms with Crippen LogP contribution in [0.2, 0.25) is 0 Å². The van der Waals surface area contributed by atoms with Gasteiger partial charge in [0.05, 0.1) is 24.9 Å². The topological polar surface area (TPSA) is 103 Å². The van der Waals surface area contributed by atoms with Gasteiger partial charge < -0.3 is 24.8 Å². The smallest absolute Gasteiger partial charge is 0.337 e. The molecule has 0 radical (unpaired) electrons. The molecule has 2 aromatic carbocycles. The van der Waals surface area contributed by atoms with Crippen molar-refractivity contribution in [3.05, 3.63) is 47.0 Å². The van der Waals surface area contributed by atoms with Gasteiger partial charge in [-0.15, -0.1) is 0 Å². The first-order valence-electron chi connectivity index (χ1n) is 8.56. The summed E-state index contributed by atoms with van der Waals surface area (Å²) in [5, 5.41) is 5.73. The van der Waals surface area contributed by atoms with Gasteiger partial charge in [-0.3, -0.25) is 9.59 Å². The zero-order valence-electron chi connectivity index (χ0n) is 15.8. The monoisotopic (exact) mass is 384 g/mol. The molecule has 0 aromatic heterocycles.